The van der Waals surface area contributed by atoms with Gasteiger partial charge in [-0.1, -0.05) is 34.1 Å². The van der Waals surface area contributed by atoms with Crippen molar-refractivity contribution in [3.8, 4) is 0 Å². The Morgan fingerprint density at radius 2 is 1.88 bits per heavy atom. The third kappa shape index (κ3) is 3.69. The van der Waals surface area contributed by atoms with Gasteiger partial charge in [0.25, 0.3) is 0 Å². The van der Waals surface area contributed by atoms with Crippen LogP contribution in [0.15, 0.2) is 0 Å². The van der Waals surface area contributed by atoms with Crippen LogP contribution in [0.25, 0.3) is 0 Å². The summed E-state index contributed by atoms with van der Waals surface area (Å²) in [7, 11) is 2.18. The molecule has 1 rings (SSSR count). The van der Waals surface area contributed by atoms with Crippen molar-refractivity contribution in [1.29, 1.82) is 0 Å². The molecule has 1 aliphatic carbocycles. The zero-order valence-electron chi connectivity index (χ0n) is 12.5. The van der Waals surface area contributed by atoms with E-state index in [0.717, 1.165) is 18.8 Å². The summed E-state index contributed by atoms with van der Waals surface area (Å²) in [6.07, 6.45) is 4.56. The van der Waals surface area contributed by atoms with E-state index in [1.165, 1.54) is 12.8 Å². The van der Waals surface area contributed by atoms with Gasteiger partial charge in [-0.2, -0.15) is 0 Å². The predicted molar refractivity (Wildman–Crippen MR) is 74.1 cm³/mol. The Morgan fingerprint density at radius 3 is 2.41 bits per heavy atom. The fourth-order valence-electron chi connectivity index (χ4n) is 3.20. The number of aliphatic hydroxyl groups excluding tert-OH is 1. The maximum atomic E-state index is 10.5. The first-order chi connectivity index (χ1) is 7.75. The number of likely N-dealkylation sites (N-methyl/N-ethyl adjacent to an activating group) is 1. The average molecular weight is 241 g/mol. The minimum Gasteiger partial charge on any atom is -0.391 e. The van der Waals surface area contributed by atoms with E-state index in [0.29, 0.717) is 12.1 Å². The molecule has 2 heteroatoms. The summed E-state index contributed by atoms with van der Waals surface area (Å²) in [4.78, 5) is 2.41. The van der Waals surface area contributed by atoms with E-state index in [2.05, 4.69) is 46.6 Å². The maximum Gasteiger partial charge on any atom is 0.0746 e. The highest BCUT2D eigenvalue weighted by atomic mass is 16.3. The Labute approximate surface area is 107 Å². The van der Waals surface area contributed by atoms with Gasteiger partial charge in [0.05, 0.1) is 6.10 Å². The second-order valence-corrected chi connectivity index (χ2v) is 7.04. The van der Waals surface area contributed by atoms with E-state index >= 15 is 0 Å². The van der Waals surface area contributed by atoms with Gasteiger partial charge in [-0.25, -0.2) is 0 Å². The molecule has 3 atom stereocenters. The average Bonchev–Trinajstić information content (AvgIpc) is 2.20. The largest absolute Gasteiger partial charge is 0.391 e. The number of nitrogens with zero attached hydrogens (tertiary/aromatic N) is 1. The molecule has 0 spiro atoms. The van der Waals surface area contributed by atoms with Crippen LogP contribution in [-0.4, -0.2) is 35.2 Å². The van der Waals surface area contributed by atoms with Crippen LogP contribution in [0.3, 0.4) is 0 Å². The summed E-state index contributed by atoms with van der Waals surface area (Å²) >= 11 is 0. The molecule has 1 saturated carbocycles. The zero-order valence-corrected chi connectivity index (χ0v) is 12.5. The SMILES string of the molecule is CC(C)CC(C)N(C)C1CCCC(C)(C)C1O. The fraction of sp³-hybridized carbons (Fsp3) is 1.00. The van der Waals surface area contributed by atoms with Gasteiger partial charge in [0.2, 0.25) is 0 Å². The lowest BCUT2D eigenvalue weighted by molar-refractivity contribution is -0.0609. The monoisotopic (exact) mass is 241 g/mol. The minimum atomic E-state index is -0.184. The lowest BCUT2D eigenvalue weighted by Crippen LogP contribution is -2.53. The van der Waals surface area contributed by atoms with E-state index in [-0.39, 0.29) is 11.5 Å². The molecule has 0 aromatic rings. The van der Waals surface area contributed by atoms with E-state index in [4.69, 9.17) is 0 Å². The van der Waals surface area contributed by atoms with Crippen LogP contribution in [0.2, 0.25) is 0 Å². The second-order valence-electron chi connectivity index (χ2n) is 7.04. The van der Waals surface area contributed by atoms with E-state index in [9.17, 15) is 5.11 Å². The lowest BCUT2D eigenvalue weighted by Gasteiger charge is -2.46. The smallest absolute Gasteiger partial charge is 0.0746 e. The van der Waals surface area contributed by atoms with Crippen molar-refractivity contribution in [1.82, 2.24) is 4.90 Å². The molecule has 17 heavy (non-hydrogen) atoms. The van der Waals surface area contributed by atoms with Gasteiger partial charge in [-0.05, 0) is 44.6 Å². The molecule has 0 heterocycles. The summed E-state index contributed by atoms with van der Waals surface area (Å²) in [6.45, 7) is 11.2. The van der Waals surface area contributed by atoms with E-state index in [1.807, 2.05) is 0 Å². The number of rotatable bonds is 4. The van der Waals surface area contributed by atoms with Gasteiger partial charge < -0.3 is 5.11 Å². The molecule has 2 nitrogen and oxygen atoms in total. The fourth-order valence-corrected chi connectivity index (χ4v) is 3.20. The van der Waals surface area contributed by atoms with Gasteiger partial charge in [0.15, 0.2) is 0 Å². The van der Waals surface area contributed by atoms with Crippen LogP contribution in [-0.2, 0) is 0 Å². The molecular formula is C15H31NO. The Morgan fingerprint density at radius 1 is 1.29 bits per heavy atom. The molecule has 0 bridgehead atoms. The Kier molecular flexibility index (Phi) is 5.03. The molecule has 0 aromatic carbocycles. The molecule has 0 saturated heterocycles. The normalized spacial score (nSPS) is 30.9. The molecule has 1 N–H and O–H groups in total. The Bertz CT molecular complexity index is 237. The highest BCUT2D eigenvalue weighted by Crippen LogP contribution is 2.38. The highest BCUT2D eigenvalue weighted by molar-refractivity contribution is 4.93. The van der Waals surface area contributed by atoms with Crippen molar-refractivity contribution in [2.45, 2.75) is 78.5 Å². The standard InChI is InChI=1S/C15H31NO/c1-11(2)10-12(3)16(6)13-8-7-9-15(4,5)14(13)17/h11-14,17H,7-10H2,1-6H3. The van der Waals surface area contributed by atoms with Gasteiger partial charge in [-0.3, -0.25) is 4.90 Å². The summed E-state index contributed by atoms with van der Waals surface area (Å²) in [5.74, 6) is 0.723. The summed E-state index contributed by atoms with van der Waals surface area (Å²) in [5.41, 5.74) is 0.0781. The van der Waals surface area contributed by atoms with Crippen LogP contribution in [0.1, 0.15) is 60.3 Å². The van der Waals surface area contributed by atoms with Crippen LogP contribution in [0.4, 0.5) is 0 Å². The van der Waals surface area contributed by atoms with Gasteiger partial charge in [0, 0.05) is 12.1 Å². The molecule has 102 valence electrons. The molecule has 1 fully saturated rings. The van der Waals surface area contributed by atoms with Gasteiger partial charge in [-0.15, -0.1) is 0 Å². The van der Waals surface area contributed by atoms with Gasteiger partial charge >= 0.3 is 0 Å². The van der Waals surface area contributed by atoms with Crippen molar-refractivity contribution in [2.75, 3.05) is 7.05 Å². The zero-order chi connectivity index (χ0) is 13.2. The van der Waals surface area contributed by atoms with Gasteiger partial charge in [0.1, 0.15) is 0 Å². The second kappa shape index (κ2) is 5.71. The number of aliphatic hydroxyl groups is 1. The Balaban J connectivity index is 2.64. The molecule has 3 unspecified atom stereocenters. The van der Waals surface area contributed by atoms with Crippen molar-refractivity contribution in [3.05, 3.63) is 0 Å². The van der Waals surface area contributed by atoms with Crippen molar-refractivity contribution in [2.24, 2.45) is 11.3 Å². The van der Waals surface area contributed by atoms with E-state index < -0.39 is 0 Å². The molecule has 0 radical (unpaired) electrons. The molecule has 0 aliphatic heterocycles. The minimum absolute atomic E-state index is 0.0781. The van der Waals surface area contributed by atoms with E-state index in [1.54, 1.807) is 0 Å². The molecule has 0 amide bonds. The number of hydrogen-bond acceptors (Lipinski definition) is 2. The van der Waals surface area contributed by atoms with Crippen LogP contribution < -0.4 is 0 Å². The third-order valence-corrected chi connectivity index (χ3v) is 4.52. The predicted octanol–water partition coefficient (Wildman–Crippen LogP) is 3.29. The molecule has 1 aliphatic rings. The van der Waals surface area contributed by atoms with Crippen molar-refractivity contribution in [3.63, 3.8) is 0 Å². The molecular weight excluding hydrogens is 210 g/mol. The van der Waals surface area contributed by atoms with Crippen LogP contribution in [0, 0.1) is 11.3 Å². The lowest BCUT2D eigenvalue weighted by atomic mass is 9.72. The number of hydrogen-bond donors (Lipinski definition) is 1. The quantitative estimate of drug-likeness (QED) is 0.816. The van der Waals surface area contributed by atoms with Crippen LogP contribution in [0.5, 0.6) is 0 Å². The third-order valence-electron chi connectivity index (χ3n) is 4.52. The highest BCUT2D eigenvalue weighted by Gasteiger charge is 2.40. The maximum absolute atomic E-state index is 10.5. The van der Waals surface area contributed by atoms with Crippen molar-refractivity contribution >= 4 is 0 Å². The topological polar surface area (TPSA) is 23.5 Å². The van der Waals surface area contributed by atoms with Crippen molar-refractivity contribution < 1.29 is 5.11 Å². The first kappa shape index (κ1) is 15.0. The summed E-state index contributed by atoms with van der Waals surface area (Å²) < 4.78 is 0. The summed E-state index contributed by atoms with van der Waals surface area (Å²) in [5, 5.41) is 10.5. The summed E-state index contributed by atoms with van der Waals surface area (Å²) in [6, 6.07) is 0.899. The Hall–Kier alpha value is -0.0800. The first-order valence-electron chi connectivity index (χ1n) is 7.15. The molecule has 0 aromatic heterocycles. The first-order valence-corrected chi connectivity index (χ1v) is 7.15. The van der Waals surface area contributed by atoms with Crippen LogP contribution >= 0.6 is 0 Å².